The SMILES string of the molecule is c1ccc(-c2nc(-c3cc4sc(-c5ccc6ccccc6c5)nc4c4c3sc3ccccc34)nc(-c3cccc4oc5ccccc5c34)n2)cc1. The fourth-order valence-corrected chi connectivity index (χ4v) is 9.41. The predicted molar refractivity (Wildman–Crippen MR) is 212 cm³/mol. The maximum Gasteiger partial charge on any atom is 0.165 e. The van der Waals surface area contributed by atoms with Crippen molar-refractivity contribution >= 4 is 85.8 Å². The lowest BCUT2D eigenvalue weighted by Crippen LogP contribution is -2.00. The van der Waals surface area contributed by atoms with E-state index in [1.807, 2.05) is 60.7 Å². The Bertz CT molecular complexity index is 3160. The molecule has 0 saturated heterocycles. The van der Waals surface area contributed by atoms with E-state index in [4.69, 9.17) is 24.4 Å². The zero-order valence-electron chi connectivity index (χ0n) is 26.9. The van der Waals surface area contributed by atoms with Crippen LogP contribution < -0.4 is 0 Å². The number of thiophene rings is 1. The molecule has 4 heterocycles. The number of thiazole rings is 1. The molecule has 7 heteroatoms. The average molecular weight is 689 g/mol. The molecule has 0 amide bonds. The monoisotopic (exact) mass is 688 g/mol. The van der Waals surface area contributed by atoms with Crippen LogP contribution in [-0.4, -0.2) is 19.9 Å². The van der Waals surface area contributed by atoms with Gasteiger partial charge in [0.25, 0.3) is 0 Å². The van der Waals surface area contributed by atoms with Crippen LogP contribution in [0.2, 0.25) is 0 Å². The molecule has 238 valence electrons. The number of aromatic nitrogens is 4. The van der Waals surface area contributed by atoms with Gasteiger partial charge in [-0.15, -0.1) is 22.7 Å². The number of rotatable bonds is 4. The Morgan fingerprint density at radius 3 is 2.06 bits per heavy atom. The summed E-state index contributed by atoms with van der Waals surface area (Å²) in [6, 6.07) is 50.2. The Balaban J connectivity index is 1.20. The molecule has 0 radical (unpaired) electrons. The molecule has 11 rings (SSSR count). The molecular weight excluding hydrogens is 665 g/mol. The minimum Gasteiger partial charge on any atom is -0.456 e. The summed E-state index contributed by atoms with van der Waals surface area (Å²) in [5, 5.41) is 7.76. The second-order valence-corrected chi connectivity index (χ2v) is 14.7. The third-order valence-electron chi connectivity index (χ3n) is 9.55. The van der Waals surface area contributed by atoms with Crippen molar-refractivity contribution in [1.29, 1.82) is 0 Å². The average Bonchev–Trinajstić information content (AvgIpc) is 3.91. The van der Waals surface area contributed by atoms with Gasteiger partial charge in [0.05, 0.1) is 10.2 Å². The van der Waals surface area contributed by atoms with Crippen LogP contribution >= 0.6 is 22.7 Å². The molecule has 5 nitrogen and oxygen atoms in total. The molecule has 0 aliphatic carbocycles. The van der Waals surface area contributed by atoms with Crippen molar-refractivity contribution in [3.63, 3.8) is 0 Å². The fraction of sp³-hybridized carbons (Fsp3) is 0. The van der Waals surface area contributed by atoms with Crippen LogP contribution in [-0.2, 0) is 0 Å². The fourth-order valence-electron chi connectivity index (χ4n) is 7.18. The number of para-hydroxylation sites is 1. The Kier molecular flexibility index (Phi) is 6.22. The Morgan fingerprint density at radius 2 is 1.16 bits per heavy atom. The van der Waals surface area contributed by atoms with Crippen molar-refractivity contribution in [3.8, 4) is 44.7 Å². The normalized spacial score (nSPS) is 11.9. The van der Waals surface area contributed by atoms with Crippen molar-refractivity contribution < 1.29 is 4.42 Å². The number of hydrogen-bond acceptors (Lipinski definition) is 7. The second kappa shape index (κ2) is 11.1. The van der Waals surface area contributed by atoms with Gasteiger partial charge in [0.2, 0.25) is 0 Å². The lowest BCUT2D eigenvalue weighted by molar-refractivity contribution is 0.669. The van der Waals surface area contributed by atoms with E-state index in [-0.39, 0.29) is 0 Å². The van der Waals surface area contributed by atoms with Gasteiger partial charge >= 0.3 is 0 Å². The quantitative estimate of drug-likeness (QED) is 0.184. The highest BCUT2D eigenvalue weighted by Gasteiger charge is 2.23. The molecule has 11 aromatic rings. The van der Waals surface area contributed by atoms with E-state index in [2.05, 4.69) is 84.9 Å². The van der Waals surface area contributed by atoms with Crippen LogP contribution in [0.4, 0.5) is 0 Å². The van der Waals surface area contributed by atoms with Gasteiger partial charge in [-0.25, -0.2) is 19.9 Å². The third-order valence-corrected chi connectivity index (χ3v) is 11.8. The summed E-state index contributed by atoms with van der Waals surface area (Å²) >= 11 is 3.47. The highest BCUT2D eigenvalue weighted by molar-refractivity contribution is 7.27. The number of benzene rings is 7. The number of nitrogens with zero attached hydrogens (tertiary/aromatic N) is 4. The first-order chi connectivity index (χ1) is 25.2. The van der Waals surface area contributed by atoms with E-state index in [1.54, 1.807) is 22.7 Å². The number of fused-ring (bicyclic) bond motifs is 9. The molecule has 0 aliphatic rings. The first-order valence-electron chi connectivity index (χ1n) is 16.7. The molecule has 51 heavy (non-hydrogen) atoms. The van der Waals surface area contributed by atoms with E-state index in [1.165, 1.54) is 20.9 Å². The summed E-state index contributed by atoms with van der Waals surface area (Å²) in [6.45, 7) is 0. The summed E-state index contributed by atoms with van der Waals surface area (Å²) in [5.41, 5.74) is 6.56. The Morgan fingerprint density at radius 1 is 0.431 bits per heavy atom. The van der Waals surface area contributed by atoms with Crippen LogP contribution in [0.15, 0.2) is 150 Å². The van der Waals surface area contributed by atoms with Gasteiger partial charge in [-0.2, -0.15) is 0 Å². The van der Waals surface area contributed by atoms with Crippen molar-refractivity contribution in [3.05, 3.63) is 146 Å². The summed E-state index contributed by atoms with van der Waals surface area (Å²) in [5.74, 6) is 1.85. The summed E-state index contributed by atoms with van der Waals surface area (Å²) < 4.78 is 9.68. The smallest absolute Gasteiger partial charge is 0.165 e. The van der Waals surface area contributed by atoms with Crippen molar-refractivity contribution in [2.75, 3.05) is 0 Å². The van der Waals surface area contributed by atoms with Gasteiger partial charge in [0.15, 0.2) is 17.5 Å². The maximum absolute atomic E-state index is 6.27. The first-order valence-corrected chi connectivity index (χ1v) is 18.3. The van der Waals surface area contributed by atoms with E-state index in [9.17, 15) is 0 Å². The molecule has 0 aliphatic heterocycles. The second-order valence-electron chi connectivity index (χ2n) is 12.6. The summed E-state index contributed by atoms with van der Waals surface area (Å²) in [6.07, 6.45) is 0. The Labute approximate surface area is 299 Å². The summed E-state index contributed by atoms with van der Waals surface area (Å²) in [4.78, 5) is 20.9. The van der Waals surface area contributed by atoms with Gasteiger partial charge in [-0.05, 0) is 41.1 Å². The van der Waals surface area contributed by atoms with Gasteiger partial charge in [0, 0.05) is 53.2 Å². The molecule has 0 atom stereocenters. The lowest BCUT2D eigenvalue weighted by Gasteiger charge is -2.10. The van der Waals surface area contributed by atoms with Crippen LogP contribution in [0.3, 0.4) is 0 Å². The largest absolute Gasteiger partial charge is 0.456 e. The van der Waals surface area contributed by atoms with Gasteiger partial charge in [-0.3, -0.25) is 0 Å². The highest BCUT2D eigenvalue weighted by Crippen LogP contribution is 2.46. The number of furan rings is 1. The maximum atomic E-state index is 6.27. The van der Waals surface area contributed by atoms with Crippen LogP contribution in [0.25, 0.3) is 108 Å². The van der Waals surface area contributed by atoms with E-state index in [0.29, 0.717) is 17.5 Å². The van der Waals surface area contributed by atoms with Gasteiger partial charge in [-0.1, -0.05) is 115 Å². The van der Waals surface area contributed by atoms with Crippen molar-refractivity contribution in [1.82, 2.24) is 19.9 Å². The van der Waals surface area contributed by atoms with Crippen LogP contribution in [0, 0.1) is 0 Å². The molecule has 0 bridgehead atoms. The molecule has 0 spiro atoms. The highest BCUT2D eigenvalue weighted by atomic mass is 32.1. The minimum atomic E-state index is 0.603. The molecular formula is C44H24N4OS2. The standard InChI is InChI=1S/C44H24N4OS2/c1-2-12-26(13-3-1)41-46-42(31-17-10-19-34-37(31)29-15-6-8-18-33(29)49-34)48-43(47-41)32-24-36-39(38-30-16-7-9-20-35(30)50-40(32)38)45-44(51-36)28-22-21-25-11-4-5-14-27(25)23-28/h1-24H. The predicted octanol–water partition coefficient (Wildman–Crippen LogP) is 12.6. The summed E-state index contributed by atoms with van der Waals surface area (Å²) in [7, 11) is 0. The first kappa shape index (κ1) is 28.5. The third kappa shape index (κ3) is 4.52. The Hall–Kier alpha value is -6.28. The topological polar surface area (TPSA) is 64.7 Å². The van der Waals surface area contributed by atoms with Gasteiger partial charge in [0.1, 0.15) is 16.2 Å². The minimum absolute atomic E-state index is 0.603. The zero-order valence-corrected chi connectivity index (χ0v) is 28.5. The molecule has 0 unspecified atom stereocenters. The van der Waals surface area contributed by atoms with Crippen molar-refractivity contribution in [2.45, 2.75) is 0 Å². The van der Waals surface area contributed by atoms with E-state index in [0.717, 1.165) is 69.5 Å². The van der Waals surface area contributed by atoms with Crippen LogP contribution in [0.1, 0.15) is 0 Å². The molecule has 7 aromatic carbocycles. The molecule has 0 fully saturated rings. The van der Waals surface area contributed by atoms with Crippen molar-refractivity contribution in [2.24, 2.45) is 0 Å². The number of hydrogen-bond donors (Lipinski definition) is 0. The van der Waals surface area contributed by atoms with E-state index < -0.39 is 0 Å². The molecule has 4 aromatic heterocycles. The van der Waals surface area contributed by atoms with E-state index >= 15 is 0 Å². The molecule has 0 N–H and O–H groups in total. The molecule has 0 saturated carbocycles. The lowest BCUT2D eigenvalue weighted by atomic mass is 10.0. The van der Waals surface area contributed by atoms with Crippen LogP contribution in [0.5, 0.6) is 0 Å². The van der Waals surface area contributed by atoms with Gasteiger partial charge < -0.3 is 4.42 Å². The zero-order chi connectivity index (χ0) is 33.5.